The van der Waals surface area contributed by atoms with Crippen LogP contribution >= 0.6 is 0 Å². The van der Waals surface area contributed by atoms with Crippen molar-refractivity contribution in [2.24, 2.45) is 0 Å². The van der Waals surface area contributed by atoms with E-state index in [4.69, 9.17) is 11.3 Å². The Morgan fingerprint density at radius 1 is 1.14 bits per heavy atom. The predicted octanol–water partition coefficient (Wildman–Crippen LogP) is 5.26. The Morgan fingerprint density at radius 3 is 3.00 bits per heavy atom. The van der Waals surface area contributed by atoms with Gasteiger partial charge in [0, 0.05) is 26.6 Å². The SMILES string of the molecule is [2H]c1c(C([2H])([2H])[2H])cnc(-c2ccc3c(c2)oc2c(C)cccc23)c1[2H]. The van der Waals surface area contributed by atoms with Crippen molar-refractivity contribution in [3.8, 4) is 11.3 Å². The van der Waals surface area contributed by atoms with Crippen molar-refractivity contribution in [2.75, 3.05) is 0 Å². The maximum atomic E-state index is 8.17. The molecule has 0 amide bonds. The molecule has 2 heterocycles. The van der Waals surface area contributed by atoms with Crippen LogP contribution in [0.5, 0.6) is 0 Å². The summed E-state index contributed by atoms with van der Waals surface area (Å²) in [5.41, 5.74) is 3.19. The third kappa shape index (κ3) is 1.91. The second-order valence-corrected chi connectivity index (χ2v) is 5.04. The summed E-state index contributed by atoms with van der Waals surface area (Å²) >= 11 is 0. The van der Waals surface area contributed by atoms with Crippen LogP contribution in [0.3, 0.4) is 0 Å². The molecule has 2 nitrogen and oxygen atoms in total. The summed E-state index contributed by atoms with van der Waals surface area (Å²) in [6, 6.07) is 10.9. The van der Waals surface area contributed by atoms with Crippen LogP contribution < -0.4 is 0 Å². The molecule has 0 aliphatic carbocycles. The first-order chi connectivity index (χ1) is 12.3. The number of hydrogen-bond acceptors (Lipinski definition) is 2. The van der Waals surface area contributed by atoms with Crippen LogP contribution in [-0.2, 0) is 0 Å². The summed E-state index contributed by atoms with van der Waals surface area (Å²) in [5, 5.41) is 1.98. The van der Waals surface area contributed by atoms with Crippen LogP contribution in [0, 0.1) is 13.8 Å². The van der Waals surface area contributed by atoms with Gasteiger partial charge in [0.15, 0.2) is 0 Å². The molecule has 21 heavy (non-hydrogen) atoms. The van der Waals surface area contributed by atoms with Gasteiger partial charge in [-0.1, -0.05) is 30.3 Å². The van der Waals surface area contributed by atoms with Crippen LogP contribution in [0.15, 0.2) is 59.1 Å². The number of nitrogens with zero attached hydrogens (tertiary/aromatic N) is 1. The smallest absolute Gasteiger partial charge is 0.138 e. The van der Waals surface area contributed by atoms with E-state index >= 15 is 0 Å². The summed E-state index contributed by atoms with van der Waals surface area (Å²) in [6.45, 7) is -0.479. The molecular weight excluding hydrogens is 258 g/mol. The topological polar surface area (TPSA) is 26.0 Å². The molecule has 2 aromatic heterocycles. The fourth-order valence-corrected chi connectivity index (χ4v) is 2.55. The Morgan fingerprint density at radius 2 is 2.10 bits per heavy atom. The van der Waals surface area contributed by atoms with Crippen molar-refractivity contribution in [2.45, 2.75) is 13.8 Å². The highest BCUT2D eigenvalue weighted by Gasteiger charge is 2.10. The van der Waals surface area contributed by atoms with Crippen LogP contribution in [0.4, 0.5) is 0 Å². The van der Waals surface area contributed by atoms with Crippen LogP contribution in [0.25, 0.3) is 33.2 Å². The first kappa shape index (κ1) is 7.99. The fraction of sp³-hybridized carbons (Fsp3) is 0.105. The van der Waals surface area contributed by atoms with E-state index in [1.165, 1.54) is 0 Å². The van der Waals surface area contributed by atoms with Gasteiger partial charge in [0.2, 0.25) is 0 Å². The Hall–Kier alpha value is -2.61. The minimum Gasteiger partial charge on any atom is -0.456 e. The Bertz CT molecular complexity index is 1160. The van der Waals surface area contributed by atoms with E-state index in [1.54, 1.807) is 6.07 Å². The molecule has 0 spiro atoms. The standard InChI is InChI=1S/C19H15NO/c1-12-6-9-17(20-11-12)14-7-8-15-16-5-3-4-13(2)19(16)21-18(15)10-14/h3-11H,1-2H3/i1D3,6D,9D. The van der Waals surface area contributed by atoms with Gasteiger partial charge in [-0.05, 0) is 43.1 Å². The number of para-hydroxylation sites is 1. The van der Waals surface area contributed by atoms with E-state index in [9.17, 15) is 0 Å². The molecule has 2 heteroatoms. The quantitative estimate of drug-likeness (QED) is 0.474. The number of benzene rings is 2. The molecule has 102 valence electrons. The van der Waals surface area contributed by atoms with Crippen molar-refractivity contribution in [1.29, 1.82) is 0 Å². The molecule has 0 bridgehead atoms. The number of furan rings is 1. The van der Waals surface area contributed by atoms with Crippen LogP contribution in [0.1, 0.15) is 18.0 Å². The van der Waals surface area contributed by atoms with E-state index in [-0.39, 0.29) is 23.3 Å². The first-order valence-corrected chi connectivity index (χ1v) is 6.66. The van der Waals surface area contributed by atoms with Gasteiger partial charge in [-0.15, -0.1) is 0 Å². The maximum Gasteiger partial charge on any atom is 0.138 e. The minimum atomic E-state index is -2.46. The van der Waals surface area contributed by atoms with Crippen molar-refractivity contribution >= 4 is 21.9 Å². The number of aryl methyl sites for hydroxylation is 2. The average molecular weight is 278 g/mol. The molecule has 4 aromatic rings. The van der Waals surface area contributed by atoms with Crippen LogP contribution in [0.2, 0.25) is 0 Å². The Labute approximate surface area is 130 Å². The van der Waals surface area contributed by atoms with Crippen molar-refractivity contribution < 1.29 is 11.3 Å². The molecule has 0 atom stereocenters. The molecule has 4 rings (SSSR count). The second-order valence-electron chi connectivity index (χ2n) is 5.04. The number of fused-ring (bicyclic) bond motifs is 3. The summed E-state index contributed by atoms with van der Waals surface area (Å²) in [7, 11) is 0. The fourth-order valence-electron chi connectivity index (χ4n) is 2.55. The lowest BCUT2D eigenvalue weighted by molar-refractivity contribution is 0.666. The molecule has 0 saturated carbocycles. The second kappa shape index (κ2) is 4.45. The zero-order valence-corrected chi connectivity index (χ0v) is 11.4. The van der Waals surface area contributed by atoms with Gasteiger partial charge in [0.25, 0.3) is 0 Å². The molecule has 0 N–H and O–H groups in total. The van der Waals surface area contributed by atoms with Crippen LogP contribution in [-0.4, -0.2) is 4.98 Å². The highest BCUT2D eigenvalue weighted by atomic mass is 16.3. The van der Waals surface area contributed by atoms with Gasteiger partial charge >= 0.3 is 0 Å². The number of aromatic nitrogens is 1. The third-order valence-corrected chi connectivity index (χ3v) is 3.61. The van der Waals surface area contributed by atoms with Gasteiger partial charge in [-0.25, -0.2) is 0 Å². The van der Waals surface area contributed by atoms with E-state index in [0.717, 1.165) is 28.1 Å². The lowest BCUT2D eigenvalue weighted by Gasteiger charge is -2.01. The maximum absolute atomic E-state index is 8.17. The summed E-state index contributed by atoms with van der Waals surface area (Å²) in [6.07, 6.45) is 1.16. The average Bonchev–Trinajstić information content (AvgIpc) is 2.95. The lowest BCUT2D eigenvalue weighted by atomic mass is 10.1. The zero-order valence-electron chi connectivity index (χ0n) is 16.4. The van der Waals surface area contributed by atoms with Crippen molar-refractivity contribution in [3.05, 3.63) is 65.8 Å². The molecule has 0 fully saturated rings. The molecule has 0 saturated heterocycles. The molecule has 0 aliphatic rings. The minimum absolute atomic E-state index is 0.203. The number of pyridine rings is 1. The lowest BCUT2D eigenvalue weighted by Crippen LogP contribution is -1.83. The highest BCUT2D eigenvalue weighted by Crippen LogP contribution is 2.33. The first-order valence-electron chi connectivity index (χ1n) is 9.16. The van der Waals surface area contributed by atoms with Gasteiger partial charge in [-0.2, -0.15) is 0 Å². The van der Waals surface area contributed by atoms with Crippen molar-refractivity contribution in [3.63, 3.8) is 0 Å². The van der Waals surface area contributed by atoms with E-state index < -0.39 is 6.85 Å². The summed E-state index contributed by atoms with van der Waals surface area (Å²) < 4.78 is 44.5. The van der Waals surface area contributed by atoms with E-state index in [2.05, 4.69) is 4.98 Å². The normalized spacial score (nSPS) is 15.4. The summed E-state index contributed by atoms with van der Waals surface area (Å²) in [4.78, 5) is 4.14. The highest BCUT2D eigenvalue weighted by molar-refractivity contribution is 6.06. The molecule has 0 aliphatic heterocycles. The largest absolute Gasteiger partial charge is 0.456 e. The van der Waals surface area contributed by atoms with Gasteiger partial charge < -0.3 is 4.42 Å². The molecule has 2 aromatic carbocycles. The summed E-state index contributed by atoms with van der Waals surface area (Å²) in [5.74, 6) is 0. The van der Waals surface area contributed by atoms with Gasteiger partial charge in [-0.3, -0.25) is 4.98 Å². The van der Waals surface area contributed by atoms with Crippen molar-refractivity contribution in [1.82, 2.24) is 4.98 Å². The number of hydrogen-bond donors (Lipinski definition) is 0. The predicted molar refractivity (Wildman–Crippen MR) is 86.4 cm³/mol. The third-order valence-electron chi connectivity index (χ3n) is 3.61. The molecule has 0 unspecified atom stereocenters. The van der Waals surface area contributed by atoms with E-state index in [1.807, 2.05) is 37.3 Å². The molecular formula is C19H15NO. The number of rotatable bonds is 1. The monoisotopic (exact) mass is 278 g/mol. The van der Waals surface area contributed by atoms with Gasteiger partial charge in [0.1, 0.15) is 11.2 Å². The Kier molecular flexibility index (Phi) is 1.69. The Balaban J connectivity index is 1.91. The van der Waals surface area contributed by atoms with Gasteiger partial charge in [0.05, 0.1) is 8.44 Å². The van der Waals surface area contributed by atoms with E-state index in [0.29, 0.717) is 11.1 Å². The molecule has 0 radical (unpaired) electrons. The zero-order chi connectivity index (χ0) is 18.6.